The van der Waals surface area contributed by atoms with E-state index in [-0.39, 0.29) is 11.6 Å². The van der Waals surface area contributed by atoms with Crippen molar-refractivity contribution in [3.8, 4) is 5.75 Å². The number of carbonyl (C=O) groups is 1. The molecule has 0 spiro atoms. The number of amides is 2. The fourth-order valence-corrected chi connectivity index (χ4v) is 3.13. The van der Waals surface area contributed by atoms with E-state index in [1.165, 1.54) is 0 Å². The van der Waals surface area contributed by atoms with Crippen LogP contribution in [0.1, 0.15) is 24.8 Å². The number of halogens is 1. The Bertz CT molecular complexity index is 716. The molecule has 2 amide bonds. The Hall–Kier alpha value is -2.08. The Labute approximate surface area is 143 Å². The highest BCUT2D eigenvalue weighted by molar-refractivity contribution is 9.10. The first-order valence-electron chi connectivity index (χ1n) is 7.46. The topological polar surface area (TPSA) is 63.2 Å². The summed E-state index contributed by atoms with van der Waals surface area (Å²) in [4.78, 5) is 16.4. The lowest BCUT2D eigenvalue weighted by molar-refractivity contribution is 0.184. The average Bonchev–Trinajstić information content (AvgIpc) is 2.53. The summed E-state index contributed by atoms with van der Waals surface area (Å²) >= 11 is 3.38. The zero-order valence-electron chi connectivity index (χ0n) is 12.8. The van der Waals surface area contributed by atoms with Gasteiger partial charge in [0.15, 0.2) is 0 Å². The quantitative estimate of drug-likeness (QED) is 0.846. The summed E-state index contributed by atoms with van der Waals surface area (Å²) in [7, 11) is 1.65. The maximum Gasteiger partial charge on any atom is 0.319 e. The molecule has 5 nitrogen and oxygen atoms in total. The zero-order chi connectivity index (χ0) is 16.3. The van der Waals surface area contributed by atoms with Crippen molar-refractivity contribution in [2.45, 2.75) is 24.8 Å². The zero-order valence-corrected chi connectivity index (χ0v) is 14.4. The van der Waals surface area contributed by atoms with Crippen LogP contribution in [0.4, 0.5) is 10.5 Å². The number of anilines is 1. The monoisotopic (exact) mass is 375 g/mol. The van der Waals surface area contributed by atoms with Crippen LogP contribution in [0.15, 0.2) is 47.2 Å². The molecule has 0 atom stereocenters. The van der Waals surface area contributed by atoms with E-state index >= 15 is 0 Å². The molecular weight excluding hydrogens is 358 g/mol. The number of ether oxygens (including phenoxy) is 1. The highest BCUT2D eigenvalue weighted by Gasteiger charge is 2.40. The Morgan fingerprint density at radius 1 is 1.35 bits per heavy atom. The predicted molar refractivity (Wildman–Crippen MR) is 92.6 cm³/mol. The van der Waals surface area contributed by atoms with E-state index in [0.29, 0.717) is 5.69 Å². The first-order valence-corrected chi connectivity index (χ1v) is 8.25. The van der Waals surface area contributed by atoms with Crippen molar-refractivity contribution in [2.75, 3.05) is 12.4 Å². The van der Waals surface area contributed by atoms with Crippen molar-refractivity contribution < 1.29 is 9.53 Å². The van der Waals surface area contributed by atoms with E-state index in [1.807, 2.05) is 24.3 Å². The van der Waals surface area contributed by atoms with Crippen LogP contribution in [0.2, 0.25) is 0 Å². The van der Waals surface area contributed by atoms with Crippen molar-refractivity contribution in [1.29, 1.82) is 0 Å². The summed E-state index contributed by atoms with van der Waals surface area (Å²) in [6.45, 7) is 0. The number of aromatic nitrogens is 1. The van der Waals surface area contributed by atoms with Gasteiger partial charge in [-0.25, -0.2) is 4.79 Å². The van der Waals surface area contributed by atoms with Crippen LogP contribution in [-0.2, 0) is 5.54 Å². The second-order valence-corrected chi connectivity index (χ2v) is 6.46. The second-order valence-electron chi connectivity index (χ2n) is 5.60. The fourth-order valence-electron chi connectivity index (χ4n) is 2.78. The van der Waals surface area contributed by atoms with Gasteiger partial charge in [-0.2, -0.15) is 0 Å². The minimum absolute atomic E-state index is 0.223. The van der Waals surface area contributed by atoms with E-state index < -0.39 is 0 Å². The van der Waals surface area contributed by atoms with E-state index in [2.05, 4.69) is 31.5 Å². The molecular formula is C17H18BrN3O2. The van der Waals surface area contributed by atoms with Gasteiger partial charge in [-0.05, 0) is 59.0 Å². The molecule has 0 unspecified atom stereocenters. The number of benzene rings is 1. The van der Waals surface area contributed by atoms with Crippen LogP contribution in [-0.4, -0.2) is 18.1 Å². The summed E-state index contributed by atoms with van der Waals surface area (Å²) < 4.78 is 6.04. The Kier molecular flexibility index (Phi) is 4.52. The minimum Gasteiger partial charge on any atom is -0.497 e. The van der Waals surface area contributed by atoms with E-state index in [9.17, 15) is 4.79 Å². The number of nitrogens with zero attached hydrogens (tertiary/aromatic N) is 1. The number of urea groups is 1. The number of pyridine rings is 1. The molecule has 0 bridgehead atoms. The van der Waals surface area contributed by atoms with Crippen LogP contribution in [0.25, 0.3) is 0 Å². The maximum absolute atomic E-state index is 12.4. The van der Waals surface area contributed by atoms with Gasteiger partial charge in [0.25, 0.3) is 0 Å². The SMILES string of the molecule is COc1cccc(C2(NC(=O)Nc3ccncc3Br)CCC2)c1. The molecule has 1 aromatic carbocycles. The van der Waals surface area contributed by atoms with Crippen molar-refractivity contribution in [3.63, 3.8) is 0 Å². The number of nitrogens with one attached hydrogen (secondary N) is 2. The molecule has 1 saturated carbocycles. The molecule has 1 fully saturated rings. The van der Waals surface area contributed by atoms with Crippen LogP contribution in [0, 0.1) is 0 Å². The Morgan fingerprint density at radius 3 is 2.83 bits per heavy atom. The largest absolute Gasteiger partial charge is 0.497 e. The maximum atomic E-state index is 12.4. The van der Waals surface area contributed by atoms with E-state index in [0.717, 1.165) is 35.0 Å². The highest BCUT2D eigenvalue weighted by atomic mass is 79.9. The van der Waals surface area contributed by atoms with Gasteiger partial charge in [0, 0.05) is 12.4 Å². The van der Waals surface area contributed by atoms with Crippen molar-refractivity contribution in [1.82, 2.24) is 10.3 Å². The lowest BCUT2D eigenvalue weighted by Gasteiger charge is -2.43. The van der Waals surface area contributed by atoms with Crippen molar-refractivity contribution in [2.24, 2.45) is 0 Å². The predicted octanol–water partition coefficient (Wildman–Crippen LogP) is 4.05. The van der Waals surface area contributed by atoms with Crippen LogP contribution in [0.3, 0.4) is 0 Å². The third-order valence-electron chi connectivity index (χ3n) is 4.20. The molecule has 0 saturated heterocycles. The molecule has 1 aliphatic carbocycles. The number of hydrogen-bond donors (Lipinski definition) is 2. The minimum atomic E-state index is -0.321. The summed E-state index contributed by atoms with van der Waals surface area (Å²) in [5, 5.41) is 5.99. The standard InChI is InChI=1S/C17H18BrN3O2/c1-23-13-5-2-4-12(10-13)17(7-3-8-17)21-16(22)20-15-6-9-19-11-14(15)18/h2,4-6,9-11H,3,7-8H2,1H3,(H2,19,20,21,22). The van der Waals surface area contributed by atoms with Gasteiger partial charge in [0.1, 0.15) is 5.75 Å². The fraction of sp³-hybridized carbons (Fsp3) is 0.294. The van der Waals surface area contributed by atoms with Crippen molar-refractivity contribution >= 4 is 27.6 Å². The molecule has 0 aliphatic heterocycles. The Balaban J connectivity index is 1.76. The lowest BCUT2D eigenvalue weighted by Crippen LogP contribution is -2.52. The molecule has 23 heavy (non-hydrogen) atoms. The van der Waals surface area contributed by atoms with Gasteiger partial charge in [-0.1, -0.05) is 12.1 Å². The average molecular weight is 376 g/mol. The first-order chi connectivity index (χ1) is 11.1. The van der Waals surface area contributed by atoms with Gasteiger partial charge in [0.2, 0.25) is 0 Å². The Morgan fingerprint density at radius 2 is 2.17 bits per heavy atom. The molecule has 1 aromatic heterocycles. The third kappa shape index (κ3) is 3.32. The molecule has 2 N–H and O–H groups in total. The number of hydrogen-bond acceptors (Lipinski definition) is 3. The summed E-state index contributed by atoms with van der Waals surface area (Å²) in [6, 6.07) is 9.41. The highest BCUT2D eigenvalue weighted by Crippen LogP contribution is 2.42. The van der Waals surface area contributed by atoms with Gasteiger partial charge in [0.05, 0.1) is 22.8 Å². The van der Waals surface area contributed by atoms with Crippen LogP contribution in [0.5, 0.6) is 5.75 Å². The molecule has 1 aliphatic rings. The second kappa shape index (κ2) is 6.58. The number of methoxy groups -OCH3 is 1. The molecule has 6 heteroatoms. The van der Waals surface area contributed by atoms with Gasteiger partial charge < -0.3 is 15.4 Å². The number of rotatable bonds is 4. The van der Waals surface area contributed by atoms with E-state index in [4.69, 9.17) is 4.74 Å². The summed E-state index contributed by atoms with van der Waals surface area (Å²) in [5.74, 6) is 0.799. The lowest BCUT2D eigenvalue weighted by atomic mass is 9.72. The molecule has 2 aromatic rings. The van der Waals surface area contributed by atoms with E-state index in [1.54, 1.807) is 25.6 Å². The molecule has 120 valence electrons. The summed E-state index contributed by atoms with van der Waals surface area (Å²) in [5.41, 5.74) is 1.45. The van der Waals surface area contributed by atoms with Crippen LogP contribution < -0.4 is 15.4 Å². The summed E-state index contributed by atoms with van der Waals surface area (Å²) in [6.07, 6.45) is 6.23. The molecule has 3 rings (SSSR count). The first kappa shape index (κ1) is 15.8. The smallest absolute Gasteiger partial charge is 0.319 e. The van der Waals surface area contributed by atoms with Crippen molar-refractivity contribution in [3.05, 3.63) is 52.8 Å². The van der Waals surface area contributed by atoms with Crippen LogP contribution >= 0.6 is 15.9 Å². The third-order valence-corrected chi connectivity index (χ3v) is 4.83. The molecule has 0 radical (unpaired) electrons. The van der Waals surface area contributed by atoms with Gasteiger partial charge in [-0.3, -0.25) is 4.98 Å². The van der Waals surface area contributed by atoms with Gasteiger partial charge in [-0.15, -0.1) is 0 Å². The molecule has 1 heterocycles. The normalized spacial score (nSPS) is 15.4. The van der Waals surface area contributed by atoms with Gasteiger partial charge >= 0.3 is 6.03 Å². The number of carbonyl (C=O) groups excluding carboxylic acids is 1.